The Bertz CT molecular complexity index is 825. The fourth-order valence-corrected chi connectivity index (χ4v) is 2.41. The van der Waals surface area contributed by atoms with Crippen LogP contribution >= 0.6 is 0 Å². The second-order valence-electron chi connectivity index (χ2n) is 5.68. The normalized spacial score (nSPS) is 11.0. The van der Waals surface area contributed by atoms with Gasteiger partial charge in [-0.1, -0.05) is 5.16 Å². The van der Waals surface area contributed by atoms with Gasteiger partial charge in [0.05, 0.1) is 11.3 Å². The maximum Gasteiger partial charge on any atom is 0.223 e. The smallest absolute Gasteiger partial charge is 0.223 e. The second kappa shape index (κ2) is 7.94. The highest BCUT2D eigenvalue weighted by Crippen LogP contribution is 2.32. The van der Waals surface area contributed by atoms with Gasteiger partial charge in [-0.2, -0.15) is 0 Å². The molecular weight excluding hydrogens is 320 g/mol. The van der Waals surface area contributed by atoms with Crippen LogP contribution in [0.3, 0.4) is 0 Å². The van der Waals surface area contributed by atoms with E-state index in [1.54, 1.807) is 6.20 Å². The quantitative estimate of drug-likeness (QED) is 0.622. The van der Waals surface area contributed by atoms with Crippen molar-refractivity contribution in [2.24, 2.45) is 0 Å². The van der Waals surface area contributed by atoms with E-state index in [9.17, 15) is 0 Å². The first-order chi connectivity index (χ1) is 12.2. The average molecular weight is 342 g/mol. The lowest BCUT2D eigenvalue weighted by Gasteiger charge is -2.08. The van der Waals surface area contributed by atoms with Crippen molar-refractivity contribution in [1.29, 1.82) is 0 Å². The Morgan fingerprint density at radius 1 is 1.20 bits per heavy atom. The van der Waals surface area contributed by atoms with Gasteiger partial charge in [0.1, 0.15) is 11.5 Å². The lowest BCUT2D eigenvalue weighted by atomic mass is 10.1. The third kappa shape index (κ3) is 4.24. The van der Waals surface area contributed by atoms with Crippen LogP contribution < -0.4 is 5.32 Å². The molecule has 0 fully saturated rings. The molecule has 0 aliphatic carbocycles. The van der Waals surface area contributed by atoms with Gasteiger partial charge in [0.25, 0.3) is 0 Å². The lowest BCUT2D eigenvalue weighted by molar-refractivity contribution is 0.147. The predicted octanol–water partition coefficient (Wildman–Crippen LogP) is 3.85. The molecule has 0 aromatic carbocycles. The van der Waals surface area contributed by atoms with Gasteiger partial charge in [-0.3, -0.25) is 0 Å². The summed E-state index contributed by atoms with van der Waals surface area (Å²) in [7, 11) is 0. The number of ether oxygens (including phenoxy) is 1. The minimum absolute atomic E-state index is 0.542. The summed E-state index contributed by atoms with van der Waals surface area (Å²) in [5, 5.41) is 7.16. The van der Waals surface area contributed by atoms with Crippen molar-refractivity contribution in [3.63, 3.8) is 0 Å². The number of nitrogens with one attached hydrogen (secondary N) is 1. The molecule has 0 unspecified atom stereocenters. The van der Waals surface area contributed by atoms with Crippen molar-refractivity contribution in [3.8, 4) is 22.8 Å². The van der Waals surface area contributed by atoms with Crippen molar-refractivity contribution >= 4 is 5.95 Å². The van der Waals surface area contributed by atoms with E-state index in [0.717, 1.165) is 36.6 Å². The first kappa shape index (κ1) is 17.2. The number of furan rings is 1. The van der Waals surface area contributed by atoms with Gasteiger partial charge in [0, 0.05) is 32.0 Å². The maximum absolute atomic E-state index is 5.75. The molecule has 7 heteroatoms. The van der Waals surface area contributed by atoms with Gasteiger partial charge in [0.2, 0.25) is 5.95 Å². The molecule has 7 nitrogen and oxygen atoms in total. The third-order valence-electron chi connectivity index (χ3n) is 3.61. The monoisotopic (exact) mass is 342 g/mol. The van der Waals surface area contributed by atoms with Crippen LogP contribution in [0.2, 0.25) is 0 Å². The van der Waals surface area contributed by atoms with E-state index < -0.39 is 0 Å². The Kier molecular flexibility index (Phi) is 5.45. The van der Waals surface area contributed by atoms with Crippen LogP contribution in [0.1, 0.15) is 24.8 Å². The standard InChI is InChI=1S/C18H22N4O3/c1-4-23-9-5-8-19-18-20-11-14(16-10-12(2)22-25-16)17(21-18)15-7-6-13(3)24-15/h6-7,10-11H,4-5,8-9H2,1-3H3,(H,19,20,21). The van der Waals surface area contributed by atoms with Crippen LogP contribution in [-0.4, -0.2) is 34.9 Å². The van der Waals surface area contributed by atoms with Crippen molar-refractivity contribution in [3.05, 3.63) is 35.9 Å². The van der Waals surface area contributed by atoms with E-state index in [0.29, 0.717) is 29.8 Å². The van der Waals surface area contributed by atoms with E-state index in [-0.39, 0.29) is 0 Å². The summed E-state index contributed by atoms with van der Waals surface area (Å²) in [6.07, 6.45) is 2.61. The molecule has 0 atom stereocenters. The minimum atomic E-state index is 0.542. The molecule has 3 aromatic heterocycles. The lowest BCUT2D eigenvalue weighted by Crippen LogP contribution is -2.09. The number of nitrogens with zero attached hydrogens (tertiary/aromatic N) is 3. The topological polar surface area (TPSA) is 86.2 Å². The summed E-state index contributed by atoms with van der Waals surface area (Å²) in [4.78, 5) is 9.00. The number of aryl methyl sites for hydroxylation is 2. The number of hydrogen-bond acceptors (Lipinski definition) is 7. The molecule has 132 valence electrons. The predicted molar refractivity (Wildman–Crippen MR) is 94.3 cm³/mol. The molecule has 1 N–H and O–H groups in total. The van der Waals surface area contributed by atoms with Crippen LogP contribution in [0.25, 0.3) is 22.8 Å². The van der Waals surface area contributed by atoms with Gasteiger partial charge < -0.3 is 19.0 Å². The van der Waals surface area contributed by atoms with E-state index in [1.165, 1.54) is 0 Å². The fourth-order valence-electron chi connectivity index (χ4n) is 2.41. The van der Waals surface area contributed by atoms with Crippen molar-refractivity contribution in [2.75, 3.05) is 25.1 Å². The van der Waals surface area contributed by atoms with Crippen LogP contribution in [0, 0.1) is 13.8 Å². The Morgan fingerprint density at radius 3 is 2.76 bits per heavy atom. The molecule has 0 radical (unpaired) electrons. The first-order valence-corrected chi connectivity index (χ1v) is 8.36. The zero-order chi connectivity index (χ0) is 17.6. The van der Waals surface area contributed by atoms with E-state index in [1.807, 2.05) is 39.0 Å². The number of rotatable bonds is 8. The van der Waals surface area contributed by atoms with Crippen LogP contribution in [0.15, 0.2) is 33.3 Å². The van der Waals surface area contributed by atoms with Crippen LogP contribution in [-0.2, 0) is 4.74 Å². The van der Waals surface area contributed by atoms with Crippen molar-refractivity contribution in [2.45, 2.75) is 27.2 Å². The van der Waals surface area contributed by atoms with E-state index in [4.69, 9.17) is 13.7 Å². The number of anilines is 1. The zero-order valence-corrected chi connectivity index (χ0v) is 14.7. The molecule has 25 heavy (non-hydrogen) atoms. The highest BCUT2D eigenvalue weighted by atomic mass is 16.5. The molecule has 0 bridgehead atoms. The van der Waals surface area contributed by atoms with Crippen molar-refractivity contribution < 1.29 is 13.7 Å². The van der Waals surface area contributed by atoms with Gasteiger partial charge in [-0.25, -0.2) is 9.97 Å². The van der Waals surface area contributed by atoms with E-state index >= 15 is 0 Å². The molecule has 3 aromatic rings. The van der Waals surface area contributed by atoms with Crippen molar-refractivity contribution in [1.82, 2.24) is 15.1 Å². The Morgan fingerprint density at radius 2 is 2.08 bits per heavy atom. The highest BCUT2D eigenvalue weighted by Gasteiger charge is 2.17. The molecule has 0 amide bonds. The first-order valence-electron chi connectivity index (χ1n) is 8.36. The summed E-state index contributed by atoms with van der Waals surface area (Å²) in [6, 6.07) is 5.65. The fraction of sp³-hybridized carbons (Fsp3) is 0.389. The molecule has 3 rings (SSSR count). The molecule has 3 heterocycles. The summed E-state index contributed by atoms with van der Waals surface area (Å²) in [5.74, 6) is 2.64. The maximum atomic E-state index is 5.75. The van der Waals surface area contributed by atoms with Gasteiger partial charge in [-0.05, 0) is 39.3 Å². The molecule has 0 saturated carbocycles. The van der Waals surface area contributed by atoms with Gasteiger partial charge in [0.15, 0.2) is 11.5 Å². The summed E-state index contributed by atoms with van der Waals surface area (Å²) >= 11 is 0. The number of aromatic nitrogens is 3. The summed E-state index contributed by atoms with van der Waals surface area (Å²) < 4.78 is 16.5. The zero-order valence-electron chi connectivity index (χ0n) is 14.7. The molecule has 0 aliphatic heterocycles. The molecular formula is C18H22N4O3. The summed E-state index contributed by atoms with van der Waals surface area (Å²) in [5.41, 5.74) is 2.22. The highest BCUT2D eigenvalue weighted by molar-refractivity contribution is 5.75. The largest absolute Gasteiger partial charge is 0.460 e. The Labute approximate surface area is 146 Å². The van der Waals surface area contributed by atoms with Crippen LogP contribution in [0.4, 0.5) is 5.95 Å². The summed E-state index contributed by atoms with van der Waals surface area (Å²) in [6.45, 7) is 7.93. The molecule has 0 spiro atoms. The minimum Gasteiger partial charge on any atom is -0.460 e. The number of hydrogen-bond donors (Lipinski definition) is 1. The molecule has 0 saturated heterocycles. The average Bonchev–Trinajstić information content (AvgIpc) is 3.23. The third-order valence-corrected chi connectivity index (χ3v) is 3.61. The second-order valence-corrected chi connectivity index (χ2v) is 5.68. The Hall–Kier alpha value is -2.67. The van der Waals surface area contributed by atoms with E-state index in [2.05, 4.69) is 20.4 Å². The SMILES string of the molecule is CCOCCCNc1ncc(-c2cc(C)no2)c(-c2ccc(C)o2)n1. The Balaban J connectivity index is 1.86. The molecule has 0 aliphatic rings. The van der Waals surface area contributed by atoms with Gasteiger partial charge >= 0.3 is 0 Å². The van der Waals surface area contributed by atoms with Gasteiger partial charge in [-0.15, -0.1) is 0 Å². The van der Waals surface area contributed by atoms with Crippen LogP contribution in [0.5, 0.6) is 0 Å².